The monoisotopic (exact) mass is 409 g/mol. The molecule has 0 bridgehead atoms. The number of hydrogen-bond donors (Lipinski definition) is 1. The number of ether oxygens (including phenoxy) is 1. The van der Waals surface area contributed by atoms with E-state index in [2.05, 4.69) is 10.4 Å². The van der Waals surface area contributed by atoms with E-state index < -0.39 is 5.92 Å². The van der Waals surface area contributed by atoms with Gasteiger partial charge in [0.05, 0.1) is 24.4 Å². The molecule has 6 nitrogen and oxygen atoms in total. The van der Waals surface area contributed by atoms with E-state index in [0.717, 1.165) is 16.8 Å². The van der Waals surface area contributed by atoms with Gasteiger partial charge >= 0.3 is 0 Å². The third-order valence-electron chi connectivity index (χ3n) is 5.17. The Morgan fingerprint density at radius 2 is 2.03 bits per heavy atom. The molecule has 2 heterocycles. The highest BCUT2D eigenvalue weighted by molar-refractivity contribution is 6.31. The molecule has 1 aliphatic rings. The van der Waals surface area contributed by atoms with Crippen molar-refractivity contribution >= 4 is 29.1 Å². The smallest absolute Gasteiger partial charge is 0.226 e. The summed E-state index contributed by atoms with van der Waals surface area (Å²) in [4.78, 5) is 25.7. The van der Waals surface area contributed by atoms with Gasteiger partial charge in [-0.25, -0.2) is 4.68 Å². The predicted octanol–water partition coefficient (Wildman–Crippen LogP) is 4.46. The number of rotatable bonds is 4. The van der Waals surface area contributed by atoms with Crippen LogP contribution in [0.5, 0.6) is 5.75 Å². The third-order valence-corrected chi connectivity index (χ3v) is 5.58. The molecule has 0 aliphatic carbocycles. The van der Waals surface area contributed by atoms with E-state index in [9.17, 15) is 9.59 Å². The van der Waals surface area contributed by atoms with E-state index in [4.69, 9.17) is 16.3 Å². The van der Waals surface area contributed by atoms with Gasteiger partial charge in [-0.3, -0.25) is 9.59 Å². The highest BCUT2D eigenvalue weighted by Gasteiger charge is 2.36. The van der Waals surface area contributed by atoms with Crippen molar-refractivity contribution in [3.63, 3.8) is 0 Å². The van der Waals surface area contributed by atoms with E-state index in [1.807, 2.05) is 26.0 Å². The lowest BCUT2D eigenvalue weighted by Gasteiger charge is -2.23. The van der Waals surface area contributed by atoms with E-state index in [0.29, 0.717) is 27.8 Å². The molecule has 0 saturated heterocycles. The zero-order chi connectivity index (χ0) is 20.7. The molecule has 1 atom stereocenters. The van der Waals surface area contributed by atoms with Crippen LogP contribution in [-0.4, -0.2) is 28.6 Å². The summed E-state index contributed by atoms with van der Waals surface area (Å²) in [5.41, 5.74) is 3.59. The number of ketones is 1. The first-order valence-corrected chi connectivity index (χ1v) is 9.61. The highest BCUT2D eigenvalue weighted by atomic mass is 35.5. The molecule has 1 aliphatic heterocycles. The minimum Gasteiger partial charge on any atom is -0.497 e. The molecule has 1 N–H and O–H groups in total. The van der Waals surface area contributed by atoms with Gasteiger partial charge in [-0.05, 0) is 43.7 Å². The van der Waals surface area contributed by atoms with Crippen molar-refractivity contribution in [1.82, 2.24) is 9.78 Å². The number of carbonyl (C=O) groups is 2. The van der Waals surface area contributed by atoms with Crippen molar-refractivity contribution in [3.8, 4) is 11.4 Å². The number of anilines is 1. The van der Waals surface area contributed by atoms with Crippen LogP contribution in [0.2, 0.25) is 5.02 Å². The fourth-order valence-electron chi connectivity index (χ4n) is 3.65. The minimum absolute atomic E-state index is 0.0736. The maximum Gasteiger partial charge on any atom is 0.226 e. The summed E-state index contributed by atoms with van der Waals surface area (Å²) in [6.45, 7) is 3.76. The molecular formula is C22H20ClN3O3. The summed E-state index contributed by atoms with van der Waals surface area (Å²) in [7, 11) is 1.55. The molecule has 1 aromatic heterocycles. The maximum atomic E-state index is 13.3. The number of halogens is 1. The summed E-state index contributed by atoms with van der Waals surface area (Å²) < 4.78 is 6.87. The molecular weight excluding hydrogens is 390 g/mol. The van der Waals surface area contributed by atoms with Crippen molar-refractivity contribution in [2.24, 2.45) is 0 Å². The Balaban J connectivity index is 1.81. The van der Waals surface area contributed by atoms with Gasteiger partial charge in [0.25, 0.3) is 0 Å². The average Bonchev–Trinajstić information content (AvgIpc) is 3.05. The fraction of sp³-hybridized carbons (Fsp3) is 0.227. The summed E-state index contributed by atoms with van der Waals surface area (Å²) in [5, 5.41) is 8.08. The van der Waals surface area contributed by atoms with Gasteiger partial charge in [0.15, 0.2) is 5.78 Å². The summed E-state index contributed by atoms with van der Waals surface area (Å²) in [6.07, 6.45) is 0.0736. The SMILES string of the molecule is COc1cccc(C(=O)C2CC(=O)Nc3c2c(C)nn3-c2ccc(C)c(Cl)c2)c1. The van der Waals surface area contributed by atoms with Crippen LogP contribution in [-0.2, 0) is 4.79 Å². The molecule has 3 aromatic rings. The van der Waals surface area contributed by atoms with Crippen LogP contribution in [0.4, 0.5) is 5.82 Å². The molecule has 1 unspecified atom stereocenters. The number of nitrogens with zero attached hydrogens (tertiary/aromatic N) is 2. The molecule has 148 valence electrons. The lowest BCUT2D eigenvalue weighted by atomic mass is 9.85. The second-order valence-corrected chi connectivity index (χ2v) is 7.50. The first-order valence-electron chi connectivity index (χ1n) is 9.23. The lowest BCUT2D eigenvalue weighted by molar-refractivity contribution is -0.116. The molecule has 7 heteroatoms. The van der Waals surface area contributed by atoms with E-state index in [1.165, 1.54) is 0 Å². The zero-order valence-corrected chi connectivity index (χ0v) is 17.1. The van der Waals surface area contributed by atoms with Crippen molar-refractivity contribution in [2.45, 2.75) is 26.2 Å². The highest BCUT2D eigenvalue weighted by Crippen LogP contribution is 2.38. The van der Waals surface area contributed by atoms with E-state index >= 15 is 0 Å². The van der Waals surface area contributed by atoms with Crippen LogP contribution in [0.1, 0.15) is 39.5 Å². The standard InChI is InChI=1S/C22H20ClN3O3/c1-12-7-8-15(10-18(12)23)26-22-20(13(2)25-26)17(11-19(27)24-22)21(28)14-5-4-6-16(9-14)29-3/h4-10,17H,11H2,1-3H3,(H,24,27). The van der Waals surface area contributed by atoms with Gasteiger partial charge in [-0.2, -0.15) is 5.10 Å². The molecule has 0 saturated carbocycles. The summed E-state index contributed by atoms with van der Waals surface area (Å²) in [5.74, 6) is 0.140. The molecule has 1 amide bonds. The Kier molecular flexibility index (Phi) is 4.88. The number of methoxy groups -OCH3 is 1. The number of amides is 1. The van der Waals surface area contributed by atoms with Crippen molar-refractivity contribution in [2.75, 3.05) is 12.4 Å². The molecule has 0 spiro atoms. The Morgan fingerprint density at radius 1 is 1.24 bits per heavy atom. The molecule has 0 fully saturated rings. The van der Waals surface area contributed by atoms with Gasteiger partial charge in [-0.15, -0.1) is 0 Å². The number of hydrogen-bond acceptors (Lipinski definition) is 4. The third kappa shape index (κ3) is 3.40. The lowest BCUT2D eigenvalue weighted by Crippen LogP contribution is -2.28. The Hall–Kier alpha value is -3.12. The Bertz CT molecular complexity index is 1140. The number of fused-ring (bicyclic) bond motifs is 1. The van der Waals surface area contributed by atoms with Crippen LogP contribution in [0.15, 0.2) is 42.5 Å². The normalized spacial score (nSPS) is 15.6. The number of carbonyl (C=O) groups excluding carboxylic acids is 2. The summed E-state index contributed by atoms with van der Waals surface area (Å²) >= 11 is 6.28. The first kappa shape index (κ1) is 19.2. The molecule has 2 aromatic carbocycles. The van der Waals surface area contributed by atoms with Crippen LogP contribution >= 0.6 is 11.6 Å². The van der Waals surface area contributed by atoms with E-state index in [-0.39, 0.29) is 18.1 Å². The molecule has 29 heavy (non-hydrogen) atoms. The number of aromatic nitrogens is 2. The van der Waals surface area contributed by atoms with Gasteiger partial charge in [0, 0.05) is 22.6 Å². The van der Waals surface area contributed by atoms with Gasteiger partial charge < -0.3 is 10.1 Å². The van der Waals surface area contributed by atoms with Gasteiger partial charge in [0.1, 0.15) is 11.6 Å². The van der Waals surface area contributed by atoms with Gasteiger partial charge in [-0.1, -0.05) is 29.8 Å². The molecule has 4 rings (SSSR count). The fourth-order valence-corrected chi connectivity index (χ4v) is 3.82. The number of aryl methyl sites for hydroxylation is 2. The summed E-state index contributed by atoms with van der Waals surface area (Å²) in [6, 6.07) is 12.5. The van der Waals surface area contributed by atoms with Crippen LogP contribution in [0.3, 0.4) is 0 Å². The Morgan fingerprint density at radius 3 is 2.76 bits per heavy atom. The second-order valence-electron chi connectivity index (χ2n) is 7.09. The van der Waals surface area contributed by atoms with Crippen molar-refractivity contribution < 1.29 is 14.3 Å². The second kappa shape index (κ2) is 7.37. The minimum atomic E-state index is -0.611. The number of benzene rings is 2. The Labute approximate surface area is 173 Å². The number of nitrogens with one attached hydrogen (secondary N) is 1. The first-order chi connectivity index (χ1) is 13.9. The van der Waals surface area contributed by atoms with Crippen LogP contribution in [0.25, 0.3) is 5.69 Å². The number of Topliss-reactive ketones (excluding diaryl/α,β-unsaturated/α-hetero) is 1. The van der Waals surface area contributed by atoms with Gasteiger partial charge in [0.2, 0.25) is 5.91 Å². The van der Waals surface area contributed by atoms with Crippen molar-refractivity contribution in [1.29, 1.82) is 0 Å². The quantitative estimate of drug-likeness (QED) is 0.645. The van der Waals surface area contributed by atoms with Crippen LogP contribution < -0.4 is 10.1 Å². The zero-order valence-electron chi connectivity index (χ0n) is 16.3. The van der Waals surface area contributed by atoms with Crippen molar-refractivity contribution in [3.05, 3.63) is 69.9 Å². The topological polar surface area (TPSA) is 73.2 Å². The van der Waals surface area contributed by atoms with E-state index in [1.54, 1.807) is 42.1 Å². The largest absolute Gasteiger partial charge is 0.497 e. The molecule has 0 radical (unpaired) electrons. The van der Waals surface area contributed by atoms with Crippen LogP contribution in [0, 0.1) is 13.8 Å². The predicted molar refractivity (Wildman–Crippen MR) is 111 cm³/mol. The average molecular weight is 410 g/mol. The maximum absolute atomic E-state index is 13.3.